The van der Waals surface area contributed by atoms with Crippen molar-refractivity contribution in [2.45, 2.75) is 32.7 Å². The highest BCUT2D eigenvalue weighted by molar-refractivity contribution is 5.81. The average molecular weight is 364 g/mol. The van der Waals surface area contributed by atoms with Gasteiger partial charge in [-0.3, -0.25) is 9.79 Å². The summed E-state index contributed by atoms with van der Waals surface area (Å²) >= 11 is 0. The van der Waals surface area contributed by atoms with Crippen LogP contribution in [0.5, 0.6) is 5.75 Å². The van der Waals surface area contributed by atoms with E-state index in [2.05, 4.69) is 15.6 Å². The van der Waals surface area contributed by atoms with Crippen LogP contribution in [0.15, 0.2) is 29.3 Å². The summed E-state index contributed by atoms with van der Waals surface area (Å²) in [6.07, 6.45) is 1.72. The summed E-state index contributed by atoms with van der Waals surface area (Å²) in [5.74, 6) is 1.36. The molecular weight excluding hydrogens is 335 g/mol. The summed E-state index contributed by atoms with van der Waals surface area (Å²) in [5, 5.41) is 6.62. The van der Waals surface area contributed by atoms with Gasteiger partial charge in [-0.05, 0) is 37.1 Å². The molecule has 0 aliphatic carbocycles. The molecule has 1 heterocycles. The maximum Gasteiger partial charge on any atom is 0.225 e. The minimum absolute atomic E-state index is 0.0345. The van der Waals surface area contributed by atoms with Crippen LogP contribution in [0.3, 0.4) is 0 Å². The number of ether oxygens (including phenoxy) is 1. The van der Waals surface area contributed by atoms with Gasteiger partial charge in [-0.25, -0.2) is 4.39 Å². The SMILES string of the molecule is CN=C(NCCCOc1ccc(F)cc1)NC1CCN(C(=O)C(C)C)C1. The highest BCUT2D eigenvalue weighted by atomic mass is 19.1. The zero-order chi connectivity index (χ0) is 18.9. The Bertz CT molecular complexity index is 604. The molecule has 0 aromatic heterocycles. The number of likely N-dealkylation sites (tertiary alicyclic amines) is 1. The van der Waals surface area contributed by atoms with E-state index in [4.69, 9.17) is 4.74 Å². The fourth-order valence-electron chi connectivity index (χ4n) is 2.83. The molecule has 1 aromatic carbocycles. The van der Waals surface area contributed by atoms with Gasteiger partial charge in [0.2, 0.25) is 5.91 Å². The normalized spacial score (nSPS) is 17.5. The van der Waals surface area contributed by atoms with Crippen LogP contribution in [0.4, 0.5) is 4.39 Å². The fraction of sp³-hybridized carbons (Fsp3) is 0.579. The fourth-order valence-corrected chi connectivity index (χ4v) is 2.83. The summed E-state index contributed by atoms with van der Waals surface area (Å²) in [6, 6.07) is 6.23. The summed E-state index contributed by atoms with van der Waals surface area (Å²) in [6.45, 7) is 6.61. The zero-order valence-corrected chi connectivity index (χ0v) is 15.8. The van der Waals surface area contributed by atoms with E-state index in [1.54, 1.807) is 19.2 Å². The van der Waals surface area contributed by atoms with Crippen molar-refractivity contribution >= 4 is 11.9 Å². The molecule has 1 amide bonds. The van der Waals surface area contributed by atoms with Gasteiger partial charge in [0.1, 0.15) is 11.6 Å². The van der Waals surface area contributed by atoms with Crippen LogP contribution < -0.4 is 15.4 Å². The number of hydrogen-bond donors (Lipinski definition) is 2. The van der Waals surface area contributed by atoms with E-state index >= 15 is 0 Å². The first-order valence-electron chi connectivity index (χ1n) is 9.14. The number of rotatable bonds is 7. The molecule has 7 heteroatoms. The molecule has 2 N–H and O–H groups in total. The van der Waals surface area contributed by atoms with Gasteiger partial charge in [-0.2, -0.15) is 0 Å². The van der Waals surface area contributed by atoms with E-state index in [1.165, 1.54) is 12.1 Å². The third kappa shape index (κ3) is 6.20. The second-order valence-corrected chi connectivity index (χ2v) is 6.72. The number of halogens is 1. The molecular formula is C19H29FN4O2. The third-order valence-corrected chi connectivity index (χ3v) is 4.25. The minimum atomic E-state index is -0.269. The van der Waals surface area contributed by atoms with Gasteiger partial charge in [0.05, 0.1) is 6.61 Å². The number of hydrogen-bond acceptors (Lipinski definition) is 3. The predicted octanol–water partition coefficient (Wildman–Crippen LogP) is 2.02. The largest absolute Gasteiger partial charge is 0.494 e. The number of guanidine groups is 1. The molecule has 1 aliphatic heterocycles. The predicted molar refractivity (Wildman–Crippen MR) is 101 cm³/mol. The monoisotopic (exact) mass is 364 g/mol. The molecule has 0 radical (unpaired) electrons. The van der Waals surface area contributed by atoms with Crippen LogP contribution in [-0.2, 0) is 4.79 Å². The Morgan fingerprint density at radius 1 is 1.38 bits per heavy atom. The Balaban J connectivity index is 1.64. The molecule has 144 valence electrons. The van der Waals surface area contributed by atoms with Crippen LogP contribution in [0.2, 0.25) is 0 Å². The quantitative estimate of drug-likeness (QED) is 0.441. The Morgan fingerprint density at radius 3 is 2.77 bits per heavy atom. The number of nitrogens with one attached hydrogen (secondary N) is 2. The Kier molecular flexibility index (Phi) is 7.69. The van der Waals surface area contributed by atoms with E-state index in [-0.39, 0.29) is 23.7 Å². The number of benzene rings is 1. The Hall–Kier alpha value is -2.31. The number of carbonyl (C=O) groups is 1. The van der Waals surface area contributed by atoms with Crippen LogP contribution in [0.25, 0.3) is 0 Å². The van der Waals surface area contributed by atoms with Crippen LogP contribution in [-0.4, -0.2) is 56.1 Å². The molecule has 1 atom stereocenters. The van der Waals surface area contributed by atoms with E-state index in [0.717, 1.165) is 25.3 Å². The lowest BCUT2D eigenvalue weighted by Crippen LogP contribution is -2.45. The Morgan fingerprint density at radius 2 is 2.12 bits per heavy atom. The zero-order valence-electron chi connectivity index (χ0n) is 15.8. The summed E-state index contributed by atoms with van der Waals surface area (Å²) in [5.41, 5.74) is 0. The van der Waals surface area contributed by atoms with Crippen LogP contribution >= 0.6 is 0 Å². The molecule has 6 nitrogen and oxygen atoms in total. The van der Waals surface area contributed by atoms with Gasteiger partial charge >= 0.3 is 0 Å². The standard InChI is InChI=1S/C19H29FN4O2/c1-14(2)18(25)24-11-9-16(13-24)23-19(21-3)22-10-4-12-26-17-7-5-15(20)6-8-17/h5-8,14,16H,4,9-13H2,1-3H3,(H2,21,22,23). The number of amides is 1. The minimum Gasteiger partial charge on any atom is -0.494 e. The maximum absolute atomic E-state index is 12.8. The van der Waals surface area contributed by atoms with Crippen molar-refractivity contribution in [2.24, 2.45) is 10.9 Å². The molecule has 1 unspecified atom stereocenters. The van der Waals surface area contributed by atoms with Gasteiger partial charge in [-0.1, -0.05) is 13.8 Å². The first kappa shape index (κ1) is 20.0. The second kappa shape index (κ2) is 9.99. The van der Waals surface area contributed by atoms with Crippen molar-refractivity contribution in [3.8, 4) is 5.75 Å². The lowest BCUT2D eigenvalue weighted by molar-refractivity contribution is -0.133. The summed E-state index contributed by atoms with van der Waals surface area (Å²) in [7, 11) is 1.73. The van der Waals surface area contributed by atoms with Crippen molar-refractivity contribution in [3.63, 3.8) is 0 Å². The highest BCUT2D eigenvalue weighted by Crippen LogP contribution is 2.13. The third-order valence-electron chi connectivity index (χ3n) is 4.25. The first-order chi connectivity index (χ1) is 12.5. The molecule has 0 bridgehead atoms. The van der Waals surface area contributed by atoms with Crippen molar-refractivity contribution < 1.29 is 13.9 Å². The van der Waals surface area contributed by atoms with Gasteiger partial charge in [0.15, 0.2) is 5.96 Å². The molecule has 1 fully saturated rings. The van der Waals surface area contributed by atoms with E-state index < -0.39 is 0 Å². The van der Waals surface area contributed by atoms with Crippen molar-refractivity contribution in [1.82, 2.24) is 15.5 Å². The van der Waals surface area contributed by atoms with E-state index in [0.29, 0.717) is 25.4 Å². The molecule has 0 spiro atoms. The van der Waals surface area contributed by atoms with Crippen molar-refractivity contribution in [3.05, 3.63) is 30.1 Å². The smallest absolute Gasteiger partial charge is 0.225 e. The van der Waals surface area contributed by atoms with Gasteiger partial charge in [0, 0.05) is 38.6 Å². The highest BCUT2D eigenvalue weighted by Gasteiger charge is 2.27. The molecule has 2 rings (SSSR count). The molecule has 1 saturated heterocycles. The van der Waals surface area contributed by atoms with Crippen molar-refractivity contribution in [1.29, 1.82) is 0 Å². The second-order valence-electron chi connectivity index (χ2n) is 6.72. The lowest BCUT2D eigenvalue weighted by Gasteiger charge is -2.20. The Labute approximate surface area is 154 Å². The molecule has 1 aromatic rings. The van der Waals surface area contributed by atoms with Crippen LogP contribution in [0.1, 0.15) is 26.7 Å². The maximum atomic E-state index is 12.8. The van der Waals surface area contributed by atoms with Gasteiger partial charge in [-0.15, -0.1) is 0 Å². The summed E-state index contributed by atoms with van der Waals surface area (Å²) in [4.78, 5) is 18.2. The van der Waals surface area contributed by atoms with Gasteiger partial charge in [0.25, 0.3) is 0 Å². The molecule has 26 heavy (non-hydrogen) atoms. The van der Waals surface area contributed by atoms with Gasteiger partial charge < -0.3 is 20.3 Å². The molecule has 0 saturated carbocycles. The van der Waals surface area contributed by atoms with E-state index in [1.807, 2.05) is 18.7 Å². The topological polar surface area (TPSA) is 66.0 Å². The lowest BCUT2D eigenvalue weighted by atomic mass is 10.2. The number of aliphatic imine (C=N–C) groups is 1. The average Bonchev–Trinajstić information content (AvgIpc) is 3.09. The van der Waals surface area contributed by atoms with E-state index in [9.17, 15) is 9.18 Å². The number of nitrogens with zero attached hydrogens (tertiary/aromatic N) is 2. The first-order valence-corrected chi connectivity index (χ1v) is 9.14. The van der Waals surface area contributed by atoms with Crippen LogP contribution in [0, 0.1) is 11.7 Å². The van der Waals surface area contributed by atoms with Crippen molar-refractivity contribution in [2.75, 3.05) is 33.3 Å². The summed E-state index contributed by atoms with van der Waals surface area (Å²) < 4.78 is 18.4. The number of carbonyl (C=O) groups excluding carboxylic acids is 1. The molecule has 1 aliphatic rings.